The van der Waals surface area contributed by atoms with Crippen LogP contribution in [-0.4, -0.2) is 36.6 Å². The van der Waals surface area contributed by atoms with Gasteiger partial charge in [-0.15, -0.1) is 0 Å². The number of carbonyl (C=O) groups is 1. The fourth-order valence-corrected chi connectivity index (χ4v) is 2.73. The Hall–Kier alpha value is -0.570. The SMILES string of the molecule is CCOC(=O)CCCCCN1CCCC(C)C1C. The smallest absolute Gasteiger partial charge is 0.305 e. The molecule has 0 aromatic rings. The van der Waals surface area contributed by atoms with E-state index in [0.717, 1.165) is 24.8 Å². The highest BCUT2D eigenvalue weighted by molar-refractivity contribution is 5.69. The average Bonchev–Trinajstić information content (AvgIpc) is 2.34. The van der Waals surface area contributed by atoms with Crippen molar-refractivity contribution in [2.24, 2.45) is 5.92 Å². The molecule has 0 bridgehead atoms. The molecule has 0 spiro atoms. The summed E-state index contributed by atoms with van der Waals surface area (Å²) in [5.41, 5.74) is 0. The Balaban J connectivity index is 2.05. The van der Waals surface area contributed by atoms with Crippen LogP contribution in [0, 0.1) is 5.92 Å². The normalized spacial score (nSPS) is 25.1. The molecule has 3 nitrogen and oxygen atoms in total. The molecule has 2 atom stereocenters. The Morgan fingerprint density at radius 2 is 2.06 bits per heavy atom. The molecule has 0 saturated carbocycles. The Kier molecular flexibility index (Phi) is 7.33. The van der Waals surface area contributed by atoms with E-state index in [1.807, 2.05) is 6.92 Å². The van der Waals surface area contributed by atoms with Crippen LogP contribution < -0.4 is 0 Å². The van der Waals surface area contributed by atoms with Crippen molar-refractivity contribution in [3.8, 4) is 0 Å². The molecule has 0 amide bonds. The lowest BCUT2D eigenvalue weighted by molar-refractivity contribution is -0.143. The van der Waals surface area contributed by atoms with Gasteiger partial charge in [-0.3, -0.25) is 4.79 Å². The Morgan fingerprint density at radius 1 is 1.28 bits per heavy atom. The average molecular weight is 255 g/mol. The third kappa shape index (κ3) is 5.38. The lowest BCUT2D eigenvalue weighted by Gasteiger charge is -2.37. The van der Waals surface area contributed by atoms with Gasteiger partial charge in [0.05, 0.1) is 6.61 Å². The van der Waals surface area contributed by atoms with E-state index in [1.165, 1.54) is 32.4 Å². The number of hydrogen-bond acceptors (Lipinski definition) is 3. The van der Waals surface area contributed by atoms with E-state index < -0.39 is 0 Å². The van der Waals surface area contributed by atoms with Crippen LogP contribution in [0.4, 0.5) is 0 Å². The highest BCUT2D eigenvalue weighted by atomic mass is 16.5. The molecule has 0 N–H and O–H groups in total. The maximum Gasteiger partial charge on any atom is 0.305 e. The predicted octanol–water partition coefficient (Wildman–Crippen LogP) is 3.23. The van der Waals surface area contributed by atoms with Crippen molar-refractivity contribution in [2.45, 2.75) is 65.3 Å². The molecule has 0 radical (unpaired) electrons. The predicted molar refractivity (Wildman–Crippen MR) is 74.5 cm³/mol. The van der Waals surface area contributed by atoms with Crippen LogP contribution >= 0.6 is 0 Å². The number of nitrogens with zero attached hydrogens (tertiary/aromatic N) is 1. The summed E-state index contributed by atoms with van der Waals surface area (Å²) in [6.07, 6.45) is 6.61. The fourth-order valence-electron chi connectivity index (χ4n) is 2.73. The summed E-state index contributed by atoms with van der Waals surface area (Å²) in [7, 11) is 0. The molecular weight excluding hydrogens is 226 g/mol. The van der Waals surface area contributed by atoms with Crippen molar-refractivity contribution in [2.75, 3.05) is 19.7 Å². The zero-order chi connectivity index (χ0) is 13.4. The summed E-state index contributed by atoms with van der Waals surface area (Å²) in [5.74, 6) is 0.788. The van der Waals surface area contributed by atoms with Gasteiger partial charge in [-0.1, -0.05) is 13.3 Å². The summed E-state index contributed by atoms with van der Waals surface area (Å²) in [6, 6.07) is 0.726. The molecule has 0 aliphatic carbocycles. The summed E-state index contributed by atoms with van der Waals surface area (Å²) < 4.78 is 4.92. The number of piperidine rings is 1. The van der Waals surface area contributed by atoms with Crippen LogP contribution in [0.25, 0.3) is 0 Å². The zero-order valence-corrected chi connectivity index (χ0v) is 12.3. The number of hydrogen-bond donors (Lipinski definition) is 0. The van der Waals surface area contributed by atoms with Gasteiger partial charge in [0.25, 0.3) is 0 Å². The maximum atomic E-state index is 11.2. The molecule has 0 aromatic carbocycles. The minimum atomic E-state index is -0.0440. The van der Waals surface area contributed by atoms with Crippen molar-refractivity contribution >= 4 is 5.97 Å². The second kappa shape index (κ2) is 8.52. The van der Waals surface area contributed by atoms with Crippen molar-refractivity contribution in [1.82, 2.24) is 4.90 Å². The third-order valence-electron chi connectivity index (χ3n) is 4.14. The molecule has 1 aliphatic rings. The van der Waals surface area contributed by atoms with Crippen LogP contribution in [0.2, 0.25) is 0 Å². The summed E-state index contributed by atoms with van der Waals surface area (Å²) in [6.45, 7) is 9.51. The van der Waals surface area contributed by atoms with E-state index in [4.69, 9.17) is 4.74 Å². The quantitative estimate of drug-likeness (QED) is 0.517. The molecule has 3 heteroatoms. The maximum absolute atomic E-state index is 11.2. The molecular formula is C15H29NO2. The van der Waals surface area contributed by atoms with E-state index in [0.29, 0.717) is 13.0 Å². The molecule has 1 aliphatic heterocycles. The lowest BCUT2D eigenvalue weighted by atomic mass is 9.92. The van der Waals surface area contributed by atoms with Gasteiger partial charge in [-0.2, -0.15) is 0 Å². The van der Waals surface area contributed by atoms with Crippen LogP contribution in [0.5, 0.6) is 0 Å². The van der Waals surface area contributed by atoms with Crippen LogP contribution in [0.1, 0.15) is 59.3 Å². The number of esters is 1. The topological polar surface area (TPSA) is 29.5 Å². The first kappa shape index (κ1) is 15.5. The summed E-state index contributed by atoms with van der Waals surface area (Å²) in [4.78, 5) is 13.8. The third-order valence-corrected chi connectivity index (χ3v) is 4.14. The van der Waals surface area contributed by atoms with Gasteiger partial charge in [-0.05, 0) is 58.5 Å². The number of carbonyl (C=O) groups excluding carboxylic acids is 1. The first-order valence-corrected chi connectivity index (χ1v) is 7.54. The van der Waals surface area contributed by atoms with Crippen LogP contribution in [0.3, 0.4) is 0 Å². The van der Waals surface area contributed by atoms with Crippen molar-refractivity contribution in [1.29, 1.82) is 0 Å². The first-order valence-electron chi connectivity index (χ1n) is 7.54. The van der Waals surface area contributed by atoms with Gasteiger partial charge in [0, 0.05) is 12.5 Å². The monoisotopic (exact) mass is 255 g/mol. The number of ether oxygens (including phenoxy) is 1. The summed E-state index contributed by atoms with van der Waals surface area (Å²) in [5, 5.41) is 0. The van der Waals surface area contributed by atoms with Crippen LogP contribution in [0.15, 0.2) is 0 Å². The standard InChI is InChI=1S/C15H29NO2/c1-4-18-15(17)10-6-5-7-11-16-12-8-9-13(2)14(16)3/h13-14H,4-12H2,1-3H3. The largest absolute Gasteiger partial charge is 0.466 e. The number of likely N-dealkylation sites (tertiary alicyclic amines) is 1. The number of unbranched alkanes of at least 4 members (excludes halogenated alkanes) is 2. The van der Waals surface area contributed by atoms with Gasteiger partial charge in [-0.25, -0.2) is 0 Å². The Bertz CT molecular complexity index is 243. The molecule has 18 heavy (non-hydrogen) atoms. The Labute approximate surface area is 112 Å². The minimum absolute atomic E-state index is 0.0440. The van der Waals surface area contributed by atoms with E-state index in [-0.39, 0.29) is 5.97 Å². The second-order valence-corrected chi connectivity index (χ2v) is 5.51. The Morgan fingerprint density at radius 3 is 2.78 bits per heavy atom. The first-order chi connectivity index (χ1) is 8.65. The molecule has 0 aromatic heterocycles. The van der Waals surface area contributed by atoms with Crippen molar-refractivity contribution in [3.63, 3.8) is 0 Å². The van der Waals surface area contributed by atoms with Gasteiger partial charge in [0.2, 0.25) is 0 Å². The summed E-state index contributed by atoms with van der Waals surface area (Å²) >= 11 is 0. The molecule has 1 heterocycles. The van der Waals surface area contributed by atoms with E-state index >= 15 is 0 Å². The van der Waals surface area contributed by atoms with Crippen LogP contribution in [-0.2, 0) is 9.53 Å². The van der Waals surface area contributed by atoms with Crippen molar-refractivity contribution in [3.05, 3.63) is 0 Å². The highest BCUT2D eigenvalue weighted by Gasteiger charge is 2.23. The van der Waals surface area contributed by atoms with E-state index in [9.17, 15) is 4.79 Å². The lowest BCUT2D eigenvalue weighted by Crippen LogP contribution is -2.42. The molecule has 1 rings (SSSR count). The highest BCUT2D eigenvalue weighted by Crippen LogP contribution is 2.23. The fraction of sp³-hybridized carbons (Fsp3) is 0.933. The van der Waals surface area contributed by atoms with Gasteiger partial charge in [0.1, 0.15) is 0 Å². The van der Waals surface area contributed by atoms with E-state index in [2.05, 4.69) is 18.7 Å². The van der Waals surface area contributed by atoms with Gasteiger partial charge >= 0.3 is 5.97 Å². The van der Waals surface area contributed by atoms with E-state index in [1.54, 1.807) is 0 Å². The van der Waals surface area contributed by atoms with Crippen molar-refractivity contribution < 1.29 is 9.53 Å². The molecule has 1 fully saturated rings. The molecule has 1 saturated heterocycles. The molecule has 2 unspecified atom stereocenters. The minimum Gasteiger partial charge on any atom is -0.466 e. The van der Waals surface area contributed by atoms with Gasteiger partial charge in [0.15, 0.2) is 0 Å². The van der Waals surface area contributed by atoms with Gasteiger partial charge < -0.3 is 9.64 Å². The molecule has 106 valence electrons. The number of rotatable bonds is 7. The second-order valence-electron chi connectivity index (χ2n) is 5.51. The zero-order valence-electron chi connectivity index (χ0n) is 12.3.